The van der Waals surface area contributed by atoms with Gasteiger partial charge in [-0.25, -0.2) is 13.9 Å². The van der Waals surface area contributed by atoms with Gasteiger partial charge >= 0.3 is 33.3 Å². The normalized spacial score (nSPS) is 20.0. The summed E-state index contributed by atoms with van der Waals surface area (Å²) in [5.41, 5.74) is 4.58. The molecule has 1 aromatic heterocycles. The summed E-state index contributed by atoms with van der Waals surface area (Å²) >= 11 is 0. The first-order valence-electron chi connectivity index (χ1n) is 23.8. The van der Waals surface area contributed by atoms with Crippen molar-refractivity contribution in [2.75, 3.05) is 25.6 Å². The first-order chi connectivity index (χ1) is 30.4. The number of carbonyl (C=O) groups excluding carboxylic acids is 2. The van der Waals surface area contributed by atoms with Gasteiger partial charge in [-0.2, -0.15) is 9.29 Å². The number of nitrogen functional groups attached to an aromatic ring is 1. The Morgan fingerprint density at radius 1 is 0.703 bits per heavy atom. The van der Waals surface area contributed by atoms with E-state index in [-0.39, 0.29) is 18.7 Å². The number of unbranched alkanes of at least 4 members (excludes halogenated alkanes) is 18. The second kappa shape index (κ2) is 32.5. The summed E-state index contributed by atoms with van der Waals surface area (Å²) in [7, 11) is -10.8. The number of nitrogens with two attached hydrogens (primary N) is 1. The van der Waals surface area contributed by atoms with Crippen LogP contribution in [0.5, 0.6) is 0 Å². The Bertz CT molecular complexity index is 1600. The highest BCUT2D eigenvalue weighted by Crippen LogP contribution is 2.60. The second-order valence-electron chi connectivity index (χ2n) is 17.9. The Morgan fingerprint density at radius 2 is 1.16 bits per heavy atom. The zero-order chi connectivity index (χ0) is 47.4. The predicted molar refractivity (Wildman–Crippen MR) is 243 cm³/mol. The molecule has 1 aliphatic rings. The van der Waals surface area contributed by atoms with E-state index in [1.165, 1.54) is 89.3 Å². The highest BCUT2D eigenvalue weighted by molar-refractivity contribution is 7.61. The molecule has 20 heteroatoms. The van der Waals surface area contributed by atoms with E-state index in [4.69, 9.17) is 29.0 Å². The molecule has 3 unspecified atom stereocenters. The predicted octanol–water partition coefficient (Wildman–Crippen LogP) is 8.82. The van der Waals surface area contributed by atoms with Gasteiger partial charge in [0.05, 0.1) is 13.2 Å². The van der Waals surface area contributed by atoms with Crippen LogP contribution in [0.25, 0.3) is 0 Å². The van der Waals surface area contributed by atoms with Gasteiger partial charge in [-0.15, -0.1) is 0 Å². The lowest BCUT2D eigenvalue weighted by atomic mass is 10.0. The Balaban J connectivity index is 1.82. The lowest BCUT2D eigenvalue weighted by molar-refractivity contribution is -0.161. The number of hydrogen-bond acceptors (Lipinski definition) is 15. The molecular weight excluding hydrogens is 872 g/mol. The topological polar surface area (TPSA) is 265 Å². The fourth-order valence-corrected chi connectivity index (χ4v) is 9.44. The first-order valence-corrected chi connectivity index (χ1v) is 26.8. The van der Waals surface area contributed by atoms with Gasteiger partial charge in [-0.1, -0.05) is 156 Å². The molecule has 1 aromatic rings. The van der Waals surface area contributed by atoms with Gasteiger partial charge in [0.25, 0.3) is 0 Å². The van der Waals surface area contributed by atoms with Crippen molar-refractivity contribution >= 4 is 33.4 Å². The molecule has 0 saturated carbocycles. The van der Waals surface area contributed by atoms with E-state index >= 15 is 0 Å². The molecule has 1 fully saturated rings. The Labute approximate surface area is 380 Å². The number of aliphatic hydroxyl groups is 2. The monoisotopic (exact) mass is 954 g/mol. The Hall–Kier alpha value is -2.24. The smallest absolute Gasteiger partial charge is 0.462 e. The van der Waals surface area contributed by atoms with Gasteiger partial charge in [0.15, 0.2) is 12.3 Å². The quantitative estimate of drug-likeness (QED) is 0.0235. The standard InChI is InChI=1S/C44H81N3O15P2/c1-34(2)25-21-17-13-9-5-7-11-15-19-23-27-39(48)57-31-36(60-40(49)28-24-20-16-12-8-6-10-14-18-22-26-35(3)4)32-58-63(53,54)62-64(55,56)59-33-37-41(50)42(51)43(61-37)47-30-29-38(45)46-44(47)52/h29-30,34-37,41-43,50-51H,5-28,31-33H2,1-4H3,(H,53,54)(H,55,56)(H2,45,46,52)/t36-,37-,41+,42?,43-/m1/s1. The van der Waals surface area contributed by atoms with E-state index in [9.17, 15) is 43.5 Å². The van der Waals surface area contributed by atoms with Gasteiger partial charge in [0, 0.05) is 19.0 Å². The average Bonchev–Trinajstić information content (AvgIpc) is 3.50. The second-order valence-corrected chi connectivity index (χ2v) is 21.0. The molecule has 0 bridgehead atoms. The maximum Gasteiger partial charge on any atom is 0.481 e. The van der Waals surface area contributed by atoms with Crippen molar-refractivity contribution < 1.29 is 66.3 Å². The van der Waals surface area contributed by atoms with E-state index in [1.54, 1.807) is 0 Å². The number of carbonyl (C=O) groups is 2. The third-order valence-electron chi connectivity index (χ3n) is 11.0. The first kappa shape index (κ1) is 57.9. The number of hydrogen-bond donors (Lipinski definition) is 5. The van der Waals surface area contributed by atoms with E-state index in [0.717, 1.165) is 67.8 Å². The maximum absolute atomic E-state index is 12.8. The molecule has 372 valence electrons. The van der Waals surface area contributed by atoms with Gasteiger partial charge in [-0.05, 0) is 30.7 Å². The summed E-state index contributed by atoms with van der Waals surface area (Å²) in [6, 6.07) is 1.25. The Kier molecular flexibility index (Phi) is 29.4. The molecular formula is C44H81N3O15P2. The highest BCUT2D eigenvalue weighted by atomic mass is 31.3. The summed E-state index contributed by atoms with van der Waals surface area (Å²) in [5.74, 6) is 0.219. The fourth-order valence-electron chi connectivity index (χ4n) is 7.33. The SMILES string of the molecule is CC(C)CCCCCCCCCCCCC(=O)OC[C@H](COP(=O)(O)OP(=O)(O)OC[C@H]1O[C@@H](n2ccc(N)nc2=O)C(O)[C@H]1O)OC(=O)CCCCCCCCCCCCC(C)C. The number of anilines is 1. The van der Waals surface area contributed by atoms with Crippen molar-refractivity contribution in [2.24, 2.45) is 11.8 Å². The molecule has 0 aromatic carbocycles. The van der Waals surface area contributed by atoms with E-state index < -0.39 is 83.7 Å². The number of esters is 2. The molecule has 7 atom stereocenters. The number of phosphoric acid groups is 2. The minimum Gasteiger partial charge on any atom is -0.462 e. The van der Waals surface area contributed by atoms with E-state index in [0.29, 0.717) is 12.8 Å². The van der Waals surface area contributed by atoms with E-state index in [2.05, 4.69) is 37.0 Å². The van der Waals surface area contributed by atoms with Crippen molar-refractivity contribution in [3.63, 3.8) is 0 Å². The van der Waals surface area contributed by atoms with Crippen molar-refractivity contribution in [3.05, 3.63) is 22.7 Å². The van der Waals surface area contributed by atoms with Gasteiger partial charge in [0.2, 0.25) is 0 Å². The fraction of sp³-hybridized carbons (Fsp3) is 0.864. The zero-order valence-electron chi connectivity index (χ0n) is 38.9. The molecule has 2 heterocycles. The lowest BCUT2D eigenvalue weighted by Gasteiger charge is -2.21. The molecule has 0 aliphatic carbocycles. The molecule has 0 spiro atoms. The molecule has 0 radical (unpaired) electrons. The lowest BCUT2D eigenvalue weighted by Crippen LogP contribution is -2.36. The van der Waals surface area contributed by atoms with Crippen LogP contribution in [0.2, 0.25) is 0 Å². The summed E-state index contributed by atoms with van der Waals surface area (Å²) < 4.78 is 56.7. The van der Waals surface area contributed by atoms with Gasteiger partial charge in [-0.3, -0.25) is 23.2 Å². The van der Waals surface area contributed by atoms with Crippen LogP contribution in [-0.4, -0.2) is 85.7 Å². The van der Waals surface area contributed by atoms with Crippen LogP contribution in [-0.2, 0) is 46.3 Å². The third kappa shape index (κ3) is 26.8. The number of rotatable bonds is 38. The maximum atomic E-state index is 12.8. The highest BCUT2D eigenvalue weighted by Gasteiger charge is 2.46. The van der Waals surface area contributed by atoms with Crippen molar-refractivity contribution in [2.45, 2.75) is 212 Å². The van der Waals surface area contributed by atoms with Crippen LogP contribution in [0.15, 0.2) is 17.1 Å². The zero-order valence-corrected chi connectivity index (χ0v) is 40.7. The third-order valence-corrected chi connectivity index (χ3v) is 13.6. The van der Waals surface area contributed by atoms with Crippen LogP contribution < -0.4 is 11.4 Å². The minimum atomic E-state index is -5.41. The number of aliphatic hydroxyl groups excluding tert-OH is 2. The number of ether oxygens (including phenoxy) is 3. The van der Waals surface area contributed by atoms with Crippen LogP contribution >= 0.6 is 15.6 Å². The van der Waals surface area contributed by atoms with Crippen molar-refractivity contribution in [3.8, 4) is 0 Å². The van der Waals surface area contributed by atoms with Gasteiger partial charge in [0.1, 0.15) is 30.7 Å². The van der Waals surface area contributed by atoms with Crippen LogP contribution in [0.1, 0.15) is 188 Å². The van der Waals surface area contributed by atoms with Crippen LogP contribution in [0.4, 0.5) is 5.82 Å². The number of aromatic nitrogens is 2. The van der Waals surface area contributed by atoms with Crippen molar-refractivity contribution in [1.82, 2.24) is 9.55 Å². The molecule has 0 amide bonds. The summed E-state index contributed by atoms with van der Waals surface area (Å²) in [4.78, 5) is 61.7. The average molecular weight is 954 g/mol. The van der Waals surface area contributed by atoms with Crippen LogP contribution in [0, 0.1) is 11.8 Å². The van der Waals surface area contributed by atoms with Crippen LogP contribution in [0.3, 0.4) is 0 Å². The Morgan fingerprint density at radius 3 is 1.64 bits per heavy atom. The number of nitrogens with zero attached hydrogens (tertiary/aromatic N) is 2. The molecule has 64 heavy (non-hydrogen) atoms. The minimum absolute atomic E-state index is 0.0551. The molecule has 6 N–H and O–H groups in total. The largest absolute Gasteiger partial charge is 0.481 e. The van der Waals surface area contributed by atoms with E-state index in [1.807, 2.05) is 0 Å². The molecule has 2 rings (SSSR count). The van der Waals surface area contributed by atoms with Gasteiger partial charge < -0.3 is 39.9 Å². The number of phosphoric ester groups is 2. The summed E-state index contributed by atoms with van der Waals surface area (Å²) in [5, 5.41) is 20.9. The molecule has 18 nitrogen and oxygen atoms in total. The summed E-state index contributed by atoms with van der Waals surface area (Å²) in [6.45, 7) is 6.72. The van der Waals surface area contributed by atoms with Crippen molar-refractivity contribution in [1.29, 1.82) is 0 Å². The summed E-state index contributed by atoms with van der Waals surface area (Å²) in [6.07, 6.45) is 17.9. The molecule has 1 saturated heterocycles. The molecule has 1 aliphatic heterocycles.